The standard InChI is InChI=1S/C27H18O8.C18H20O5.C14H14O5/c1-33-25(30)15-12-10-14(11-13-15)20(21-23(28)16-6-2-4-8-18(16)34-26(21)31)22-24(29)17-7-3-5-9-19(17)35-27(22)32;19-16(22-12-6-2-1-3-7-12)11-10-14-17(20)13-8-4-5-9-15(13)23-18(14)21;1-2-18-12(15)8-7-10-13(16)9-5-3-4-6-11(9)19-14(10)17/h2-13,20,28-29H,1H3;4-5,8-9,12,20H,1-3,6-7,10-11H2;3-6,16H,2,7-8H2,1H3. The van der Waals surface area contributed by atoms with E-state index >= 15 is 0 Å². The fraction of sp³-hybridized carbons (Fsp3) is 0.237. The Morgan fingerprint density at radius 2 is 0.909 bits per heavy atom. The lowest BCUT2D eigenvalue weighted by Crippen LogP contribution is -2.21. The Morgan fingerprint density at radius 3 is 1.32 bits per heavy atom. The third kappa shape index (κ3) is 12.1. The second-order valence-corrected chi connectivity index (χ2v) is 17.8. The van der Waals surface area contributed by atoms with Crippen LogP contribution in [-0.2, 0) is 36.6 Å². The molecule has 0 saturated heterocycles. The van der Waals surface area contributed by atoms with Gasteiger partial charge in [-0.2, -0.15) is 0 Å². The van der Waals surface area contributed by atoms with Crippen molar-refractivity contribution >= 4 is 61.8 Å². The molecular formula is C59H52O18. The van der Waals surface area contributed by atoms with Crippen molar-refractivity contribution in [3.8, 4) is 23.0 Å². The molecule has 4 N–H and O–H groups in total. The lowest BCUT2D eigenvalue weighted by Gasteiger charge is -2.21. The molecule has 0 amide bonds. The number of carbonyl (C=O) groups is 3. The quantitative estimate of drug-likeness (QED) is 0.0503. The van der Waals surface area contributed by atoms with Gasteiger partial charge in [-0.3, -0.25) is 9.59 Å². The highest BCUT2D eigenvalue weighted by molar-refractivity contribution is 5.90. The van der Waals surface area contributed by atoms with Crippen molar-refractivity contribution in [2.45, 2.75) is 76.7 Å². The number of hydrogen-bond donors (Lipinski definition) is 4. The molecule has 5 aromatic carbocycles. The molecule has 9 aromatic rings. The summed E-state index contributed by atoms with van der Waals surface area (Å²) in [5, 5.41) is 44.1. The zero-order valence-corrected chi connectivity index (χ0v) is 41.8. The second kappa shape index (κ2) is 24.3. The topological polar surface area (TPSA) is 281 Å². The van der Waals surface area contributed by atoms with Gasteiger partial charge in [-0.15, -0.1) is 0 Å². The molecule has 18 heteroatoms. The number of rotatable bonds is 12. The molecule has 396 valence electrons. The lowest BCUT2D eigenvalue weighted by atomic mass is 9.84. The van der Waals surface area contributed by atoms with Gasteiger partial charge in [0.15, 0.2) is 0 Å². The van der Waals surface area contributed by atoms with E-state index in [1.165, 1.54) is 49.9 Å². The van der Waals surface area contributed by atoms with E-state index in [1.807, 2.05) is 0 Å². The molecule has 1 saturated carbocycles. The molecule has 1 aliphatic rings. The number of benzene rings is 5. The molecule has 0 bridgehead atoms. The van der Waals surface area contributed by atoms with E-state index in [2.05, 4.69) is 0 Å². The predicted molar refractivity (Wildman–Crippen MR) is 282 cm³/mol. The molecule has 1 fully saturated rings. The number of aromatic hydroxyl groups is 4. The Balaban J connectivity index is 0.000000162. The van der Waals surface area contributed by atoms with E-state index in [1.54, 1.807) is 91.9 Å². The van der Waals surface area contributed by atoms with Crippen LogP contribution < -0.4 is 22.5 Å². The summed E-state index contributed by atoms with van der Waals surface area (Å²) in [6.07, 6.45) is 5.50. The Hall–Kier alpha value is -9.45. The molecule has 0 aliphatic heterocycles. The van der Waals surface area contributed by atoms with Gasteiger partial charge in [0, 0.05) is 12.8 Å². The van der Waals surface area contributed by atoms with Crippen LogP contribution in [0.4, 0.5) is 0 Å². The number of esters is 3. The van der Waals surface area contributed by atoms with E-state index < -0.39 is 51.9 Å². The first-order valence-electron chi connectivity index (χ1n) is 24.7. The van der Waals surface area contributed by atoms with Gasteiger partial charge in [-0.1, -0.05) is 67.1 Å². The number of ether oxygens (including phenoxy) is 3. The summed E-state index contributed by atoms with van der Waals surface area (Å²) in [6, 6.07) is 32.2. The first-order chi connectivity index (χ1) is 37.2. The summed E-state index contributed by atoms with van der Waals surface area (Å²) < 4.78 is 36.1. The summed E-state index contributed by atoms with van der Waals surface area (Å²) in [4.78, 5) is 85.1. The molecule has 4 aromatic heterocycles. The van der Waals surface area contributed by atoms with Crippen LogP contribution in [0, 0.1) is 0 Å². The Kier molecular flexibility index (Phi) is 17.0. The van der Waals surface area contributed by atoms with Crippen molar-refractivity contribution in [2.24, 2.45) is 0 Å². The van der Waals surface area contributed by atoms with Gasteiger partial charge in [0.2, 0.25) is 0 Å². The van der Waals surface area contributed by atoms with E-state index in [-0.39, 0.29) is 106 Å². The molecule has 1 aliphatic carbocycles. The SMILES string of the molecule is CCOC(=O)CCc1c(O)c2ccccc2oc1=O.COC(=O)c1ccc(C(c2c(O)c3ccccc3oc2=O)c2c(O)c3ccccc3oc2=O)cc1.O=C(CCc1c(O)c2ccccc2oc1=O)OC1CCCCC1. The second-order valence-electron chi connectivity index (χ2n) is 17.8. The highest BCUT2D eigenvalue weighted by Crippen LogP contribution is 2.42. The van der Waals surface area contributed by atoms with Gasteiger partial charge >= 0.3 is 40.4 Å². The van der Waals surface area contributed by atoms with E-state index in [9.17, 15) is 54.0 Å². The fourth-order valence-electron chi connectivity index (χ4n) is 9.11. The van der Waals surface area contributed by atoms with Gasteiger partial charge in [-0.05, 0) is 112 Å². The highest BCUT2D eigenvalue weighted by atomic mass is 16.5. The summed E-state index contributed by atoms with van der Waals surface area (Å²) in [7, 11) is 1.25. The van der Waals surface area contributed by atoms with Crippen molar-refractivity contribution in [3.05, 3.63) is 196 Å². The third-order valence-corrected chi connectivity index (χ3v) is 13.0. The monoisotopic (exact) mass is 1050 g/mol. The van der Waals surface area contributed by atoms with Crippen LogP contribution in [0.2, 0.25) is 0 Å². The van der Waals surface area contributed by atoms with E-state index in [0.29, 0.717) is 27.5 Å². The van der Waals surface area contributed by atoms with Crippen LogP contribution in [0.3, 0.4) is 0 Å². The zero-order chi connectivity index (χ0) is 54.8. The number of fused-ring (bicyclic) bond motifs is 4. The average molecular weight is 1050 g/mol. The predicted octanol–water partition coefficient (Wildman–Crippen LogP) is 9.58. The molecule has 0 spiro atoms. The number of methoxy groups -OCH3 is 1. The summed E-state index contributed by atoms with van der Waals surface area (Å²) in [6.45, 7) is 2.00. The van der Waals surface area contributed by atoms with E-state index in [4.69, 9.17) is 31.9 Å². The van der Waals surface area contributed by atoms with Crippen LogP contribution in [0.15, 0.2) is 158 Å². The van der Waals surface area contributed by atoms with Crippen molar-refractivity contribution in [2.75, 3.05) is 13.7 Å². The summed E-state index contributed by atoms with van der Waals surface area (Å²) in [5.74, 6) is -3.62. The molecule has 0 atom stereocenters. The third-order valence-electron chi connectivity index (χ3n) is 13.0. The Labute approximate surface area is 436 Å². The zero-order valence-electron chi connectivity index (χ0n) is 41.8. The van der Waals surface area contributed by atoms with Crippen LogP contribution >= 0.6 is 0 Å². The molecule has 4 heterocycles. The van der Waals surface area contributed by atoms with Gasteiger partial charge in [-0.25, -0.2) is 24.0 Å². The minimum absolute atomic E-state index is 0.00198. The molecule has 0 radical (unpaired) electrons. The van der Waals surface area contributed by atoms with E-state index in [0.717, 1.165) is 25.7 Å². The smallest absolute Gasteiger partial charge is 0.344 e. The molecule has 77 heavy (non-hydrogen) atoms. The Morgan fingerprint density at radius 1 is 0.519 bits per heavy atom. The van der Waals surface area contributed by atoms with Gasteiger partial charge in [0.1, 0.15) is 51.4 Å². The van der Waals surface area contributed by atoms with Crippen LogP contribution in [-0.4, -0.2) is 58.2 Å². The van der Waals surface area contributed by atoms with Crippen LogP contribution in [0.5, 0.6) is 23.0 Å². The van der Waals surface area contributed by atoms with Crippen LogP contribution in [0.25, 0.3) is 43.9 Å². The number of para-hydroxylation sites is 4. The minimum atomic E-state index is -1.27. The highest BCUT2D eigenvalue weighted by Gasteiger charge is 2.33. The molecular weight excluding hydrogens is 997 g/mol. The van der Waals surface area contributed by atoms with Crippen molar-refractivity contribution in [1.29, 1.82) is 0 Å². The average Bonchev–Trinajstić information content (AvgIpc) is 3.47. The van der Waals surface area contributed by atoms with Crippen LogP contribution in [0.1, 0.15) is 96.0 Å². The first-order valence-corrected chi connectivity index (χ1v) is 24.7. The fourth-order valence-corrected chi connectivity index (χ4v) is 9.11. The van der Waals surface area contributed by atoms with Gasteiger partial charge < -0.3 is 52.3 Å². The maximum Gasteiger partial charge on any atom is 0.344 e. The number of carbonyl (C=O) groups excluding carboxylic acids is 3. The maximum atomic E-state index is 13.1. The largest absolute Gasteiger partial charge is 0.507 e. The molecule has 0 unspecified atom stereocenters. The van der Waals surface area contributed by atoms with Gasteiger partial charge in [0.25, 0.3) is 0 Å². The Bertz CT molecular complexity index is 3780. The van der Waals surface area contributed by atoms with Crippen molar-refractivity contribution < 1.29 is 66.7 Å². The van der Waals surface area contributed by atoms with Crippen molar-refractivity contribution in [3.63, 3.8) is 0 Å². The normalized spacial score (nSPS) is 12.4. The first kappa shape index (κ1) is 53.8. The maximum absolute atomic E-state index is 13.1. The summed E-state index contributed by atoms with van der Waals surface area (Å²) >= 11 is 0. The summed E-state index contributed by atoms with van der Waals surface area (Å²) in [5.41, 5.74) is -1.75. The minimum Gasteiger partial charge on any atom is -0.507 e. The van der Waals surface area contributed by atoms with Crippen molar-refractivity contribution in [1.82, 2.24) is 0 Å². The lowest BCUT2D eigenvalue weighted by molar-refractivity contribution is -0.150. The number of hydrogen-bond acceptors (Lipinski definition) is 18. The molecule has 18 nitrogen and oxygen atoms in total. The van der Waals surface area contributed by atoms with Gasteiger partial charge in [0.05, 0.1) is 69.0 Å². The molecule has 10 rings (SSSR count).